The van der Waals surface area contributed by atoms with Crippen molar-refractivity contribution in [2.75, 3.05) is 26.2 Å². The van der Waals surface area contributed by atoms with E-state index in [0.717, 1.165) is 16.8 Å². The molecule has 0 aliphatic rings. The first-order valence-corrected chi connectivity index (χ1v) is 12.1. The Hall–Kier alpha value is -2.56. The van der Waals surface area contributed by atoms with Crippen LogP contribution in [0.15, 0.2) is 47.4 Å². The Morgan fingerprint density at radius 3 is 2.70 bits per heavy atom. The lowest BCUT2D eigenvalue weighted by atomic mass is 10.1. The molecule has 0 fully saturated rings. The average Bonchev–Trinajstić information content (AvgIpc) is 3.20. The second-order valence-corrected chi connectivity index (χ2v) is 9.36. The molecule has 3 rings (SSSR count). The maximum Gasteiger partial charge on any atom is 0.251 e. The number of aromatic nitrogens is 2. The molecule has 10 heteroatoms. The molecule has 160 valence electrons. The number of carbonyl (C=O) groups excluding carboxylic acids is 1. The highest BCUT2D eigenvalue weighted by molar-refractivity contribution is 7.98. The smallest absolute Gasteiger partial charge is 0.251 e. The monoisotopic (exact) mass is 448 g/mol. The number of hydrogen-bond donors (Lipinski definition) is 3. The summed E-state index contributed by atoms with van der Waals surface area (Å²) in [6, 6.07) is 11.6. The molecule has 3 N–H and O–H groups in total. The SMILES string of the molecule is CNS(=O)(=O)c1cc(C(=O)N[C@H](CCSC)c2nc3ccccc3[nH]2)ccc1OC. The number of amides is 1. The number of H-pyrrole nitrogens is 1. The summed E-state index contributed by atoms with van der Waals surface area (Å²) in [4.78, 5) is 20.7. The van der Waals surface area contributed by atoms with Crippen molar-refractivity contribution in [3.63, 3.8) is 0 Å². The van der Waals surface area contributed by atoms with Crippen LogP contribution in [0, 0.1) is 0 Å². The number of thioether (sulfide) groups is 1. The van der Waals surface area contributed by atoms with Crippen LogP contribution in [0.5, 0.6) is 5.75 Å². The van der Waals surface area contributed by atoms with E-state index in [1.807, 2.05) is 30.5 Å². The highest BCUT2D eigenvalue weighted by Gasteiger charge is 2.23. The first-order valence-electron chi connectivity index (χ1n) is 9.25. The molecule has 8 nitrogen and oxygen atoms in total. The van der Waals surface area contributed by atoms with Crippen molar-refractivity contribution >= 4 is 38.7 Å². The molecule has 0 saturated carbocycles. The van der Waals surface area contributed by atoms with Crippen molar-refractivity contribution in [2.24, 2.45) is 0 Å². The maximum atomic E-state index is 13.0. The number of benzene rings is 2. The summed E-state index contributed by atoms with van der Waals surface area (Å²) in [7, 11) is -1.10. The summed E-state index contributed by atoms with van der Waals surface area (Å²) in [5.41, 5.74) is 1.93. The second kappa shape index (κ2) is 9.50. The van der Waals surface area contributed by atoms with E-state index in [1.165, 1.54) is 32.4 Å². The number of nitrogens with zero attached hydrogens (tertiary/aromatic N) is 1. The van der Waals surface area contributed by atoms with Crippen molar-refractivity contribution in [1.29, 1.82) is 0 Å². The van der Waals surface area contributed by atoms with Crippen LogP contribution < -0.4 is 14.8 Å². The van der Waals surface area contributed by atoms with Crippen LogP contribution in [0.2, 0.25) is 0 Å². The molecular formula is C20H24N4O4S2. The lowest BCUT2D eigenvalue weighted by Crippen LogP contribution is -2.30. The van der Waals surface area contributed by atoms with Gasteiger partial charge in [0.2, 0.25) is 10.0 Å². The van der Waals surface area contributed by atoms with E-state index in [-0.39, 0.29) is 22.3 Å². The van der Waals surface area contributed by atoms with Gasteiger partial charge < -0.3 is 15.0 Å². The Morgan fingerprint density at radius 2 is 2.03 bits per heavy atom. The van der Waals surface area contributed by atoms with Crippen LogP contribution >= 0.6 is 11.8 Å². The summed E-state index contributed by atoms with van der Waals surface area (Å²) in [5, 5.41) is 2.98. The molecule has 0 aliphatic heterocycles. The van der Waals surface area contributed by atoms with E-state index in [1.54, 1.807) is 11.8 Å². The number of imidazole rings is 1. The minimum Gasteiger partial charge on any atom is -0.495 e. The summed E-state index contributed by atoms with van der Waals surface area (Å²) in [5.74, 6) is 1.26. The first-order chi connectivity index (χ1) is 14.4. The van der Waals surface area contributed by atoms with Crippen LogP contribution in [0.1, 0.15) is 28.6 Å². The summed E-state index contributed by atoms with van der Waals surface area (Å²) in [6.07, 6.45) is 2.67. The van der Waals surface area contributed by atoms with E-state index in [4.69, 9.17) is 4.74 Å². The van der Waals surface area contributed by atoms with Crippen LogP contribution in [0.4, 0.5) is 0 Å². The van der Waals surface area contributed by atoms with Crippen molar-refractivity contribution in [1.82, 2.24) is 20.0 Å². The lowest BCUT2D eigenvalue weighted by Gasteiger charge is -2.17. The largest absolute Gasteiger partial charge is 0.495 e. The van der Waals surface area contributed by atoms with Gasteiger partial charge in [-0.3, -0.25) is 4.79 Å². The molecule has 0 unspecified atom stereocenters. The van der Waals surface area contributed by atoms with Crippen molar-refractivity contribution in [3.05, 3.63) is 53.9 Å². The molecule has 3 aromatic rings. The Labute approximate surface area is 179 Å². The van der Waals surface area contributed by atoms with Gasteiger partial charge in [0.15, 0.2) is 0 Å². The highest BCUT2D eigenvalue weighted by Crippen LogP contribution is 2.26. The molecular weight excluding hydrogens is 424 g/mol. The predicted octanol–water partition coefficient (Wildman–Crippen LogP) is 2.70. The van der Waals surface area contributed by atoms with Gasteiger partial charge in [-0.1, -0.05) is 12.1 Å². The topological polar surface area (TPSA) is 113 Å². The normalized spacial score (nSPS) is 12.6. The van der Waals surface area contributed by atoms with Gasteiger partial charge in [0.1, 0.15) is 16.5 Å². The van der Waals surface area contributed by atoms with Crippen LogP contribution in [-0.4, -0.2) is 50.5 Å². The number of aromatic amines is 1. The van der Waals surface area contributed by atoms with E-state index >= 15 is 0 Å². The van der Waals surface area contributed by atoms with E-state index in [0.29, 0.717) is 12.2 Å². The molecule has 1 heterocycles. The maximum absolute atomic E-state index is 13.0. The Bertz CT molecular complexity index is 1110. The zero-order valence-corrected chi connectivity index (χ0v) is 18.6. The van der Waals surface area contributed by atoms with Crippen LogP contribution in [0.25, 0.3) is 11.0 Å². The van der Waals surface area contributed by atoms with E-state index < -0.39 is 15.9 Å². The Morgan fingerprint density at radius 1 is 1.27 bits per heavy atom. The molecule has 0 aliphatic carbocycles. The van der Waals surface area contributed by atoms with Gasteiger partial charge >= 0.3 is 0 Å². The fourth-order valence-electron chi connectivity index (χ4n) is 3.03. The number of rotatable bonds is 9. The average molecular weight is 449 g/mol. The van der Waals surface area contributed by atoms with Gasteiger partial charge in [-0.15, -0.1) is 0 Å². The molecule has 30 heavy (non-hydrogen) atoms. The number of sulfonamides is 1. The predicted molar refractivity (Wildman–Crippen MR) is 119 cm³/mol. The number of methoxy groups -OCH3 is 1. The third-order valence-corrected chi connectivity index (χ3v) is 6.72. The number of carbonyl (C=O) groups is 1. The number of nitrogens with one attached hydrogen (secondary N) is 3. The van der Waals surface area contributed by atoms with E-state index in [9.17, 15) is 13.2 Å². The molecule has 0 saturated heterocycles. The molecule has 0 bridgehead atoms. The van der Waals surface area contributed by atoms with Gasteiger partial charge in [-0.25, -0.2) is 18.1 Å². The molecule has 1 atom stereocenters. The van der Waals surface area contributed by atoms with Crippen LogP contribution in [0.3, 0.4) is 0 Å². The third kappa shape index (κ3) is 4.77. The zero-order valence-electron chi connectivity index (χ0n) is 16.9. The minimum absolute atomic E-state index is 0.0930. The van der Waals surface area contributed by atoms with Gasteiger partial charge in [-0.05, 0) is 55.8 Å². The second-order valence-electron chi connectivity index (χ2n) is 6.52. The van der Waals surface area contributed by atoms with Gasteiger partial charge in [0.05, 0.1) is 24.2 Å². The number of hydrogen-bond acceptors (Lipinski definition) is 6. The molecule has 1 amide bonds. The minimum atomic E-state index is -3.79. The fraction of sp³-hybridized carbons (Fsp3) is 0.300. The number of para-hydroxylation sites is 2. The van der Waals surface area contributed by atoms with Gasteiger partial charge in [0.25, 0.3) is 5.91 Å². The lowest BCUT2D eigenvalue weighted by molar-refractivity contribution is 0.0934. The van der Waals surface area contributed by atoms with Crippen molar-refractivity contribution in [3.8, 4) is 5.75 Å². The summed E-state index contributed by atoms with van der Waals surface area (Å²) in [6.45, 7) is 0. The third-order valence-electron chi connectivity index (χ3n) is 4.64. The van der Waals surface area contributed by atoms with Crippen molar-refractivity contribution < 1.29 is 17.9 Å². The Kier molecular flexibility index (Phi) is 7.01. The van der Waals surface area contributed by atoms with Gasteiger partial charge in [0, 0.05) is 5.56 Å². The Balaban J connectivity index is 1.91. The molecule has 2 aromatic carbocycles. The van der Waals surface area contributed by atoms with E-state index in [2.05, 4.69) is 20.0 Å². The molecule has 0 spiro atoms. The zero-order chi connectivity index (χ0) is 21.7. The first kappa shape index (κ1) is 22.1. The van der Waals surface area contributed by atoms with Crippen LogP contribution in [-0.2, 0) is 10.0 Å². The van der Waals surface area contributed by atoms with Crippen molar-refractivity contribution in [2.45, 2.75) is 17.4 Å². The summed E-state index contributed by atoms with van der Waals surface area (Å²) >= 11 is 1.67. The quantitative estimate of drug-likeness (QED) is 0.464. The fourth-order valence-corrected chi connectivity index (χ4v) is 4.42. The molecule has 1 aromatic heterocycles. The summed E-state index contributed by atoms with van der Waals surface area (Å²) < 4.78 is 32.0. The van der Waals surface area contributed by atoms with Gasteiger partial charge in [-0.2, -0.15) is 11.8 Å². The number of fused-ring (bicyclic) bond motifs is 1. The standard InChI is InChI=1S/C20H24N4O4S2/c1-21-30(26,27)18-12-13(8-9-17(18)28-2)20(25)24-16(10-11-29-3)19-22-14-6-4-5-7-15(14)23-19/h4-9,12,16,21H,10-11H2,1-3H3,(H,22,23)(H,24,25)/t16-/m1/s1. The molecule has 0 radical (unpaired) electrons. The number of ether oxygens (including phenoxy) is 1. The highest BCUT2D eigenvalue weighted by atomic mass is 32.2.